The largest absolute Gasteiger partial charge is 0.488 e. The predicted octanol–water partition coefficient (Wildman–Crippen LogP) is 2.29. The van der Waals surface area contributed by atoms with E-state index in [9.17, 15) is 9.50 Å². The Morgan fingerprint density at radius 1 is 1.38 bits per heavy atom. The molecule has 90 valence electrons. The van der Waals surface area contributed by atoms with Gasteiger partial charge in [0.15, 0.2) is 11.6 Å². The molecule has 1 aromatic carbocycles. The van der Waals surface area contributed by atoms with Gasteiger partial charge in [-0.15, -0.1) is 0 Å². The van der Waals surface area contributed by atoms with Gasteiger partial charge in [-0.1, -0.05) is 6.07 Å². The summed E-state index contributed by atoms with van der Waals surface area (Å²) in [7, 11) is 0. The summed E-state index contributed by atoms with van der Waals surface area (Å²) in [5.74, 6) is -0.279. The third kappa shape index (κ3) is 3.79. The highest BCUT2D eigenvalue weighted by Gasteiger charge is 2.07. The van der Waals surface area contributed by atoms with Crippen molar-refractivity contribution in [2.75, 3.05) is 19.8 Å². The van der Waals surface area contributed by atoms with E-state index in [4.69, 9.17) is 9.47 Å². The number of halogens is 1. The molecule has 0 aliphatic rings. The fourth-order valence-corrected chi connectivity index (χ4v) is 1.25. The number of benzene rings is 1. The van der Waals surface area contributed by atoms with Crippen molar-refractivity contribution >= 4 is 0 Å². The van der Waals surface area contributed by atoms with E-state index in [-0.39, 0.29) is 5.75 Å². The quantitative estimate of drug-likeness (QED) is 0.759. The van der Waals surface area contributed by atoms with Crippen LogP contribution in [0, 0.1) is 5.82 Å². The van der Waals surface area contributed by atoms with Crippen LogP contribution in [0.1, 0.15) is 25.5 Å². The highest BCUT2D eigenvalue weighted by molar-refractivity contribution is 5.30. The van der Waals surface area contributed by atoms with Crippen molar-refractivity contribution in [1.29, 1.82) is 0 Å². The summed E-state index contributed by atoms with van der Waals surface area (Å²) >= 11 is 0. The number of aliphatic hydroxyl groups excluding tert-OH is 1. The molecule has 1 atom stereocenters. The number of hydrogen-bond donors (Lipinski definition) is 1. The lowest BCUT2D eigenvalue weighted by atomic mass is 10.1. The molecule has 1 aromatic rings. The summed E-state index contributed by atoms with van der Waals surface area (Å²) in [6.45, 7) is 4.85. The van der Waals surface area contributed by atoms with Crippen LogP contribution in [0.5, 0.6) is 5.75 Å². The summed E-state index contributed by atoms with van der Waals surface area (Å²) in [6, 6.07) is 4.44. The Bertz CT molecular complexity index is 326. The van der Waals surface area contributed by atoms with Gasteiger partial charge in [-0.05, 0) is 31.5 Å². The molecule has 0 radical (unpaired) electrons. The minimum Gasteiger partial charge on any atom is -0.488 e. The topological polar surface area (TPSA) is 38.7 Å². The molecule has 0 unspecified atom stereocenters. The molecule has 0 aliphatic carbocycles. The van der Waals surface area contributed by atoms with E-state index in [0.717, 1.165) is 0 Å². The molecule has 0 bridgehead atoms. The smallest absolute Gasteiger partial charge is 0.165 e. The minimum absolute atomic E-state index is 0.184. The highest BCUT2D eigenvalue weighted by atomic mass is 19.1. The van der Waals surface area contributed by atoms with Gasteiger partial charge in [0.25, 0.3) is 0 Å². The van der Waals surface area contributed by atoms with Crippen molar-refractivity contribution in [3.05, 3.63) is 29.6 Å². The van der Waals surface area contributed by atoms with E-state index < -0.39 is 11.9 Å². The summed E-state index contributed by atoms with van der Waals surface area (Å²) in [5.41, 5.74) is 0.537. The monoisotopic (exact) mass is 228 g/mol. The van der Waals surface area contributed by atoms with Gasteiger partial charge in [-0.2, -0.15) is 0 Å². The van der Waals surface area contributed by atoms with Gasteiger partial charge in [-0.25, -0.2) is 4.39 Å². The molecular weight excluding hydrogens is 211 g/mol. The van der Waals surface area contributed by atoms with Crippen molar-refractivity contribution in [3.63, 3.8) is 0 Å². The standard InChI is InChI=1S/C12H17FO3/c1-3-15-6-7-16-12-5-4-10(9(2)14)8-11(12)13/h4-5,8-9,14H,3,6-7H2,1-2H3/t9-/m1/s1. The number of ether oxygens (including phenoxy) is 2. The Morgan fingerprint density at radius 3 is 2.69 bits per heavy atom. The zero-order chi connectivity index (χ0) is 12.0. The van der Waals surface area contributed by atoms with E-state index in [1.165, 1.54) is 12.1 Å². The molecule has 4 heteroatoms. The third-order valence-electron chi connectivity index (χ3n) is 2.13. The van der Waals surface area contributed by atoms with Crippen LogP contribution in [-0.2, 0) is 4.74 Å². The minimum atomic E-state index is -0.674. The predicted molar refractivity (Wildman–Crippen MR) is 59.0 cm³/mol. The Morgan fingerprint density at radius 2 is 2.12 bits per heavy atom. The zero-order valence-electron chi connectivity index (χ0n) is 9.57. The van der Waals surface area contributed by atoms with Crippen LogP contribution < -0.4 is 4.74 Å². The lowest BCUT2D eigenvalue weighted by Gasteiger charge is -2.09. The number of hydrogen-bond acceptors (Lipinski definition) is 3. The molecular formula is C12H17FO3. The average molecular weight is 228 g/mol. The van der Waals surface area contributed by atoms with Gasteiger partial charge < -0.3 is 14.6 Å². The van der Waals surface area contributed by atoms with Crippen molar-refractivity contribution in [2.45, 2.75) is 20.0 Å². The Hall–Kier alpha value is -1.13. The maximum absolute atomic E-state index is 13.4. The molecule has 1 rings (SSSR count). The van der Waals surface area contributed by atoms with Gasteiger partial charge in [0.1, 0.15) is 6.61 Å². The lowest BCUT2D eigenvalue weighted by molar-refractivity contribution is 0.108. The van der Waals surface area contributed by atoms with Gasteiger partial charge in [0.2, 0.25) is 0 Å². The SMILES string of the molecule is CCOCCOc1ccc([C@@H](C)O)cc1F. The maximum atomic E-state index is 13.4. The average Bonchev–Trinajstić information content (AvgIpc) is 2.26. The van der Waals surface area contributed by atoms with Gasteiger partial charge in [0.05, 0.1) is 12.7 Å². The molecule has 0 aliphatic heterocycles. The molecule has 0 heterocycles. The number of rotatable bonds is 6. The first-order valence-corrected chi connectivity index (χ1v) is 5.33. The summed E-state index contributed by atoms with van der Waals surface area (Å²) in [5, 5.41) is 9.26. The van der Waals surface area contributed by atoms with Crippen LogP contribution in [-0.4, -0.2) is 24.9 Å². The van der Waals surface area contributed by atoms with E-state index in [1.807, 2.05) is 6.92 Å². The second-order valence-corrected chi connectivity index (χ2v) is 3.41. The Balaban J connectivity index is 2.54. The van der Waals surface area contributed by atoms with E-state index in [0.29, 0.717) is 25.4 Å². The Kier molecular flexibility index (Phi) is 5.22. The molecule has 0 amide bonds. The van der Waals surface area contributed by atoms with Crippen LogP contribution in [0.25, 0.3) is 0 Å². The van der Waals surface area contributed by atoms with E-state index >= 15 is 0 Å². The first-order chi connectivity index (χ1) is 7.65. The molecule has 3 nitrogen and oxygen atoms in total. The second kappa shape index (κ2) is 6.45. The van der Waals surface area contributed by atoms with Crippen molar-refractivity contribution < 1.29 is 19.0 Å². The summed E-state index contributed by atoms with van der Waals surface area (Å²) in [6.07, 6.45) is -0.674. The summed E-state index contributed by atoms with van der Waals surface area (Å²) in [4.78, 5) is 0. The van der Waals surface area contributed by atoms with Gasteiger partial charge in [-0.3, -0.25) is 0 Å². The second-order valence-electron chi connectivity index (χ2n) is 3.41. The van der Waals surface area contributed by atoms with Crippen molar-refractivity contribution in [3.8, 4) is 5.75 Å². The zero-order valence-corrected chi connectivity index (χ0v) is 9.57. The Labute approximate surface area is 94.8 Å². The van der Waals surface area contributed by atoms with Crippen LogP contribution >= 0.6 is 0 Å². The molecule has 1 N–H and O–H groups in total. The third-order valence-corrected chi connectivity index (χ3v) is 2.13. The first kappa shape index (κ1) is 12.9. The van der Waals surface area contributed by atoms with Crippen molar-refractivity contribution in [1.82, 2.24) is 0 Å². The molecule has 0 saturated carbocycles. The van der Waals surface area contributed by atoms with Crippen LogP contribution in [0.15, 0.2) is 18.2 Å². The highest BCUT2D eigenvalue weighted by Crippen LogP contribution is 2.21. The van der Waals surface area contributed by atoms with Crippen LogP contribution in [0.2, 0.25) is 0 Å². The fraction of sp³-hybridized carbons (Fsp3) is 0.500. The molecule has 0 saturated heterocycles. The molecule has 0 spiro atoms. The van der Waals surface area contributed by atoms with Gasteiger partial charge >= 0.3 is 0 Å². The first-order valence-electron chi connectivity index (χ1n) is 5.33. The fourth-order valence-electron chi connectivity index (χ4n) is 1.25. The lowest BCUT2D eigenvalue weighted by Crippen LogP contribution is -2.07. The number of aliphatic hydroxyl groups is 1. The van der Waals surface area contributed by atoms with Crippen LogP contribution in [0.3, 0.4) is 0 Å². The van der Waals surface area contributed by atoms with Crippen LogP contribution in [0.4, 0.5) is 4.39 Å². The van der Waals surface area contributed by atoms with E-state index in [1.54, 1.807) is 13.0 Å². The van der Waals surface area contributed by atoms with Crippen molar-refractivity contribution in [2.24, 2.45) is 0 Å². The molecule has 16 heavy (non-hydrogen) atoms. The van der Waals surface area contributed by atoms with E-state index in [2.05, 4.69) is 0 Å². The molecule has 0 fully saturated rings. The van der Waals surface area contributed by atoms with Gasteiger partial charge in [0, 0.05) is 6.61 Å². The molecule has 0 aromatic heterocycles. The normalized spacial score (nSPS) is 12.5. The summed E-state index contributed by atoms with van der Waals surface area (Å²) < 4.78 is 23.7. The maximum Gasteiger partial charge on any atom is 0.165 e.